The van der Waals surface area contributed by atoms with Crippen LogP contribution in [0, 0.1) is 5.92 Å². The minimum atomic E-state index is 0. The topological polar surface area (TPSA) is 65.1 Å². The van der Waals surface area contributed by atoms with Gasteiger partial charge in [0.1, 0.15) is 0 Å². The average molecular weight is 405 g/mol. The highest BCUT2D eigenvalue weighted by atomic mass is 127. The number of aromatic nitrogens is 2. The summed E-state index contributed by atoms with van der Waals surface area (Å²) in [5.41, 5.74) is 1.06. The second-order valence-corrected chi connectivity index (χ2v) is 5.58. The predicted molar refractivity (Wildman–Crippen MR) is 98.0 cm³/mol. The number of nitrogens with zero attached hydrogens (tertiary/aromatic N) is 2. The molecule has 0 unspecified atom stereocenters. The van der Waals surface area contributed by atoms with Gasteiger partial charge in [0.25, 0.3) is 0 Å². The van der Waals surface area contributed by atoms with Crippen molar-refractivity contribution in [3.63, 3.8) is 0 Å². The largest absolute Gasteiger partial charge is 0.356 e. The van der Waals surface area contributed by atoms with E-state index in [0.717, 1.165) is 30.7 Å². The Morgan fingerprint density at radius 2 is 2.14 bits per heavy atom. The lowest BCUT2D eigenvalue weighted by atomic mass is 9.86. The molecule has 1 heterocycles. The molecule has 3 N–H and O–H groups in total. The van der Waals surface area contributed by atoms with Crippen molar-refractivity contribution < 1.29 is 0 Å². The molecule has 0 spiro atoms. The number of hydrogen-bond donors (Lipinski definition) is 3. The van der Waals surface area contributed by atoms with Crippen LogP contribution in [0.15, 0.2) is 17.3 Å². The first-order valence-electron chi connectivity index (χ1n) is 7.81. The third-order valence-electron chi connectivity index (χ3n) is 4.03. The molecule has 1 aliphatic rings. The maximum absolute atomic E-state index is 4.23. The molecule has 2 rings (SSSR count). The summed E-state index contributed by atoms with van der Waals surface area (Å²) in [7, 11) is 1.81. The van der Waals surface area contributed by atoms with E-state index in [-0.39, 0.29) is 24.0 Å². The van der Waals surface area contributed by atoms with Crippen LogP contribution in [-0.2, 0) is 6.54 Å². The van der Waals surface area contributed by atoms with E-state index in [1.807, 2.05) is 13.1 Å². The third kappa shape index (κ3) is 7.15. The molecule has 120 valence electrons. The maximum Gasteiger partial charge on any atom is 0.191 e. The van der Waals surface area contributed by atoms with E-state index in [1.54, 1.807) is 6.20 Å². The number of aliphatic imine (C=N–C) groups is 1. The Morgan fingerprint density at radius 3 is 2.81 bits per heavy atom. The fraction of sp³-hybridized carbons (Fsp3) is 0.733. The van der Waals surface area contributed by atoms with Gasteiger partial charge in [-0.3, -0.25) is 10.1 Å². The summed E-state index contributed by atoms with van der Waals surface area (Å²) in [6.07, 6.45) is 11.5. The second kappa shape index (κ2) is 10.9. The fourth-order valence-corrected chi connectivity index (χ4v) is 2.86. The summed E-state index contributed by atoms with van der Waals surface area (Å²) in [4.78, 5) is 4.23. The van der Waals surface area contributed by atoms with Gasteiger partial charge < -0.3 is 10.6 Å². The molecule has 0 saturated heterocycles. The summed E-state index contributed by atoms with van der Waals surface area (Å²) < 4.78 is 0. The van der Waals surface area contributed by atoms with Gasteiger partial charge >= 0.3 is 0 Å². The van der Waals surface area contributed by atoms with Crippen LogP contribution >= 0.6 is 24.0 Å². The van der Waals surface area contributed by atoms with Gasteiger partial charge in [-0.25, -0.2) is 0 Å². The number of H-pyrrole nitrogens is 1. The van der Waals surface area contributed by atoms with Gasteiger partial charge in [0.05, 0.1) is 12.2 Å². The molecule has 0 amide bonds. The van der Waals surface area contributed by atoms with Crippen LogP contribution in [0.5, 0.6) is 0 Å². The van der Waals surface area contributed by atoms with Crippen molar-refractivity contribution >= 4 is 29.9 Å². The van der Waals surface area contributed by atoms with E-state index in [4.69, 9.17) is 0 Å². The number of hydrogen-bond acceptors (Lipinski definition) is 2. The standard InChI is InChI=1S/C15H27N5.HI/c1-16-15(18-12-14-9-11-19-20-14)17-10-5-8-13-6-3-2-4-7-13;/h9,11,13H,2-8,10,12H2,1H3,(H,19,20)(H2,16,17,18);1H. The van der Waals surface area contributed by atoms with E-state index >= 15 is 0 Å². The summed E-state index contributed by atoms with van der Waals surface area (Å²) in [5, 5.41) is 13.5. The lowest BCUT2D eigenvalue weighted by Crippen LogP contribution is -2.37. The first kappa shape index (κ1) is 18.3. The normalized spacial score (nSPS) is 16.3. The highest BCUT2D eigenvalue weighted by Gasteiger charge is 2.12. The molecular weight excluding hydrogens is 377 g/mol. The van der Waals surface area contributed by atoms with Gasteiger partial charge in [-0.15, -0.1) is 24.0 Å². The molecule has 1 fully saturated rings. The van der Waals surface area contributed by atoms with Crippen LogP contribution in [0.3, 0.4) is 0 Å². The van der Waals surface area contributed by atoms with Crippen molar-refractivity contribution in [2.75, 3.05) is 13.6 Å². The number of rotatable bonds is 6. The maximum atomic E-state index is 4.23. The smallest absolute Gasteiger partial charge is 0.191 e. The molecule has 6 heteroatoms. The van der Waals surface area contributed by atoms with E-state index in [2.05, 4.69) is 25.8 Å². The van der Waals surface area contributed by atoms with Gasteiger partial charge in [0.15, 0.2) is 5.96 Å². The molecular formula is C15H28IN5. The Balaban J connectivity index is 0.00000220. The Labute approximate surface area is 144 Å². The number of nitrogens with one attached hydrogen (secondary N) is 3. The van der Waals surface area contributed by atoms with Crippen LogP contribution in [0.1, 0.15) is 50.6 Å². The molecule has 0 aliphatic heterocycles. The van der Waals surface area contributed by atoms with Gasteiger partial charge in [0, 0.05) is 19.8 Å². The van der Waals surface area contributed by atoms with Gasteiger partial charge in [-0.05, 0) is 24.8 Å². The van der Waals surface area contributed by atoms with E-state index < -0.39 is 0 Å². The quantitative estimate of drug-likeness (QED) is 0.295. The summed E-state index contributed by atoms with van der Waals surface area (Å²) in [6, 6.07) is 1.96. The first-order chi connectivity index (χ1) is 9.88. The molecule has 0 radical (unpaired) electrons. The summed E-state index contributed by atoms with van der Waals surface area (Å²) >= 11 is 0. The second-order valence-electron chi connectivity index (χ2n) is 5.58. The van der Waals surface area contributed by atoms with E-state index in [9.17, 15) is 0 Å². The van der Waals surface area contributed by atoms with Crippen LogP contribution in [0.25, 0.3) is 0 Å². The van der Waals surface area contributed by atoms with Crippen molar-refractivity contribution in [3.8, 4) is 0 Å². The minimum Gasteiger partial charge on any atom is -0.356 e. The molecule has 1 aromatic heterocycles. The Hall–Kier alpha value is -0.790. The molecule has 1 aliphatic carbocycles. The van der Waals surface area contributed by atoms with Gasteiger partial charge in [-0.1, -0.05) is 32.1 Å². The third-order valence-corrected chi connectivity index (χ3v) is 4.03. The number of guanidine groups is 1. The lowest BCUT2D eigenvalue weighted by Gasteiger charge is -2.21. The van der Waals surface area contributed by atoms with Crippen molar-refractivity contribution in [1.29, 1.82) is 0 Å². The first-order valence-corrected chi connectivity index (χ1v) is 7.81. The molecule has 0 bridgehead atoms. The van der Waals surface area contributed by atoms with Crippen LogP contribution in [0.2, 0.25) is 0 Å². The lowest BCUT2D eigenvalue weighted by molar-refractivity contribution is 0.332. The molecule has 1 aromatic rings. The SMILES string of the molecule is CN=C(NCCCC1CCCCC1)NCc1ccn[nH]1.I. The Kier molecular flexibility index (Phi) is 9.45. The van der Waals surface area contributed by atoms with Crippen LogP contribution in [-0.4, -0.2) is 29.7 Å². The number of halogens is 1. The molecule has 1 saturated carbocycles. The minimum absolute atomic E-state index is 0. The van der Waals surface area contributed by atoms with Crippen molar-refractivity contribution in [1.82, 2.24) is 20.8 Å². The van der Waals surface area contributed by atoms with Crippen molar-refractivity contribution in [2.24, 2.45) is 10.9 Å². The molecule has 0 atom stereocenters. The zero-order chi connectivity index (χ0) is 14.0. The highest BCUT2D eigenvalue weighted by Crippen LogP contribution is 2.26. The van der Waals surface area contributed by atoms with Crippen molar-refractivity contribution in [3.05, 3.63) is 18.0 Å². The summed E-state index contributed by atoms with van der Waals surface area (Å²) in [6.45, 7) is 1.72. The summed E-state index contributed by atoms with van der Waals surface area (Å²) in [5.74, 6) is 1.83. The fourth-order valence-electron chi connectivity index (χ4n) is 2.86. The Bertz CT molecular complexity index is 385. The van der Waals surface area contributed by atoms with Crippen molar-refractivity contribution in [2.45, 2.75) is 51.5 Å². The Morgan fingerprint density at radius 1 is 1.33 bits per heavy atom. The molecule has 0 aromatic carbocycles. The highest BCUT2D eigenvalue weighted by molar-refractivity contribution is 14.0. The van der Waals surface area contributed by atoms with Gasteiger partial charge in [0.2, 0.25) is 0 Å². The van der Waals surface area contributed by atoms with E-state index in [0.29, 0.717) is 0 Å². The monoisotopic (exact) mass is 405 g/mol. The van der Waals surface area contributed by atoms with Crippen LogP contribution < -0.4 is 10.6 Å². The molecule has 21 heavy (non-hydrogen) atoms. The zero-order valence-corrected chi connectivity index (χ0v) is 15.2. The van der Waals surface area contributed by atoms with Crippen LogP contribution in [0.4, 0.5) is 0 Å². The number of aromatic amines is 1. The van der Waals surface area contributed by atoms with Gasteiger partial charge in [-0.2, -0.15) is 5.10 Å². The average Bonchev–Trinajstić information content (AvgIpc) is 3.01. The predicted octanol–water partition coefficient (Wildman–Crippen LogP) is 3.05. The van der Waals surface area contributed by atoms with E-state index in [1.165, 1.54) is 44.9 Å². The molecule has 5 nitrogen and oxygen atoms in total. The zero-order valence-electron chi connectivity index (χ0n) is 12.9.